The maximum absolute atomic E-state index is 11.9. The maximum atomic E-state index is 11.9. The van der Waals surface area contributed by atoms with Gasteiger partial charge in [-0.3, -0.25) is 4.79 Å². The van der Waals surface area contributed by atoms with Crippen molar-refractivity contribution in [1.29, 1.82) is 0 Å². The van der Waals surface area contributed by atoms with E-state index in [-0.39, 0.29) is 11.9 Å². The topological polar surface area (TPSA) is 44.4 Å². The SMILES string of the molecule is Cc1ccc(C)c([C@@H](C)NC(=S)Nc2ccc(C(=O)N(C)C)cc2)c1. The van der Waals surface area contributed by atoms with E-state index in [1.165, 1.54) is 16.7 Å². The summed E-state index contributed by atoms with van der Waals surface area (Å²) < 4.78 is 0. The molecule has 0 saturated carbocycles. The van der Waals surface area contributed by atoms with Gasteiger partial charge >= 0.3 is 0 Å². The highest BCUT2D eigenvalue weighted by Crippen LogP contribution is 2.19. The average molecular weight is 356 g/mol. The van der Waals surface area contributed by atoms with Gasteiger partial charge < -0.3 is 15.5 Å². The van der Waals surface area contributed by atoms with Crippen LogP contribution in [0, 0.1) is 13.8 Å². The Hall–Kier alpha value is -2.40. The number of anilines is 1. The summed E-state index contributed by atoms with van der Waals surface area (Å²) in [5.41, 5.74) is 5.20. The lowest BCUT2D eigenvalue weighted by Gasteiger charge is -2.20. The molecule has 0 aliphatic carbocycles. The Balaban J connectivity index is 2.00. The van der Waals surface area contributed by atoms with Gasteiger partial charge in [-0.15, -0.1) is 0 Å². The quantitative estimate of drug-likeness (QED) is 0.812. The minimum absolute atomic E-state index is 0.0178. The van der Waals surface area contributed by atoms with E-state index in [0.717, 1.165) is 5.69 Å². The standard InChI is InChI=1S/C20H25N3OS/c1-13-6-7-14(2)18(12-13)15(3)21-20(25)22-17-10-8-16(9-11-17)19(24)23(4)5/h6-12,15H,1-5H3,(H2,21,22,25)/t15-/m1/s1. The zero-order valence-corrected chi connectivity index (χ0v) is 16.2. The van der Waals surface area contributed by atoms with Crippen molar-refractivity contribution in [2.45, 2.75) is 26.8 Å². The van der Waals surface area contributed by atoms with Crippen LogP contribution in [0.5, 0.6) is 0 Å². The van der Waals surface area contributed by atoms with E-state index in [0.29, 0.717) is 10.7 Å². The molecule has 2 N–H and O–H groups in total. The van der Waals surface area contributed by atoms with Crippen molar-refractivity contribution in [3.8, 4) is 0 Å². The zero-order chi connectivity index (χ0) is 18.6. The molecule has 0 radical (unpaired) electrons. The summed E-state index contributed by atoms with van der Waals surface area (Å²) in [4.78, 5) is 13.5. The van der Waals surface area contributed by atoms with Gasteiger partial charge in [0, 0.05) is 25.3 Å². The molecule has 2 aromatic rings. The monoisotopic (exact) mass is 355 g/mol. The van der Waals surface area contributed by atoms with Gasteiger partial charge in [-0.05, 0) is 68.4 Å². The van der Waals surface area contributed by atoms with Crippen molar-refractivity contribution in [2.24, 2.45) is 0 Å². The third kappa shape index (κ3) is 5.03. The number of thiocarbonyl (C=S) groups is 1. The van der Waals surface area contributed by atoms with Gasteiger partial charge in [0.1, 0.15) is 0 Å². The molecule has 1 atom stereocenters. The van der Waals surface area contributed by atoms with Crippen molar-refractivity contribution in [3.63, 3.8) is 0 Å². The fourth-order valence-corrected chi connectivity index (χ4v) is 2.92. The lowest BCUT2D eigenvalue weighted by molar-refractivity contribution is 0.0827. The number of nitrogens with one attached hydrogen (secondary N) is 2. The van der Waals surface area contributed by atoms with Crippen LogP contribution in [-0.4, -0.2) is 30.0 Å². The molecule has 0 aliphatic rings. The van der Waals surface area contributed by atoms with E-state index in [9.17, 15) is 4.79 Å². The minimum Gasteiger partial charge on any atom is -0.356 e. The van der Waals surface area contributed by atoms with Crippen molar-refractivity contribution >= 4 is 28.9 Å². The summed E-state index contributed by atoms with van der Waals surface area (Å²) in [6, 6.07) is 13.8. The predicted octanol–water partition coefficient (Wildman–Crippen LogP) is 4.05. The lowest BCUT2D eigenvalue weighted by Crippen LogP contribution is -2.31. The Morgan fingerprint density at radius 1 is 1.08 bits per heavy atom. The second-order valence-electron chi connectivity index (χ2n) is 6.46. The van der Waals surface area contributed by atoms with E-state index in [4.69, 9.17) is 12.2 Å². The number of carbonyl (C=O) groups is 1. The molecular formula is C20H25N3OS. The summed E-state index contributed by atoms with van der Waals surface area (Å²) in [6.45, 7) is 6.28. The maximum Gasteiger partial charge on any atom is 0.253 e. The molecule has 25 heavy (non-hydrogen) atoms. The minimum atomic E-state index is -0.0178. The predicted molar refractivity (Wildman–Crippen MR) is 108 cm³/mol. The molecule has 132 valence electrons. The number of nitrogens with zero attached hydrogens (tertiary/aromatic N) is 1. The van der Waals surface area contributed by atoms with Crippen molar-refractivity contribution in [2.75, 3.05) is 19.4 Å². The summed E-state index contributed by atoms with van der Waals surface area (Å²) in [7, 11) is 3.48. The fraction of sp³-hybridized carbons (Fsp3) is 0.300. The summed E-state index contributed by atoms with van der Waals surface area (Å²) in [6.07, 6.45) is 0. The van der Waals surface area contributed by atoms with Crippen LogP contribution >= 0.6 is 12.2 Å². The highest BCUT2D eigenvalue weighted by molar-refractivity contribution is 7.80. The molecular weight excluding hydrogens is 330 g/mol. The summed E-state index contributed by atoms with van der Waals surface area (Å²) >= 11 is 5.42. The van der Waals surface area contributed by atoms with Gasteiger partial charge in [-0.1, -0.05) is 23.8 Å². The first-order valence-corrected chi connectivity index (χ1v) is 8.65. The molecule has 0 bridgehead atoms. The van der Waals surface area contributed by atoms with Crippen LogP contribution in [-0.2, 0) is 0 Å². The van der Waals surface area contributed by atoms with Crippen molar-refractivity contribution < 1.29 is 4.79 Å². The van der Waals surface area contributed by atoms with Crippen LogP contribution in [0.3, 0.4) is 0 Å². The first-order valence-electron chi connectivity index (χ1n) is 8.24. The molecule has 1 amide bonds. The number of hydrogen-bond donors (Lipinski definition) is 2. The Bertz CT molecular complexity index is 769. The number of hydrogen-bond acceptors (Lipinski definition) is 2. The normalized spacial score (nSPS) is 11.6. The Morgan fingerprint density at radius 3 is 2.32 bits per heavy atom. The number of amides is 1. The third-order valence-electron chi connectivity index (χ3n) is 4.04. The van der Waals surface area contributed by atoms with Gasteiger partial charge in [0.25, 0.3) is 5.91 Å². The van der Waals surface area contributed by atoms with Gasteiger partial charge in [-0.2, -0.15) is 0 Å². The molecule has 2 rings (SSSR count). The van der Waals surface area contributed by atoms with E-state index < -0.39 is 0 Å². The molecule has 0 aliphatic heterocycles. The first-order chi connectivity index (χ1) is 11.8. The van der Waals surface area contributed by atoms with Gasteiger partial charge in [0.05, 0.1) is 6.04 Å². The molecule has 0 heterocycles. The highest BCUT2D eigenvalue weighted by Gasteiger charge is 2.11. The number of benzene rings is 2. The van der Waals surface area contributed by atoms with Gasteiger partial charge in [0.2, 0.25) is 0 Å². The van der Waals surface area contributed by atoms with Crippen LogP contribution in [0.1, 0.15) is 40.0 Å². The van der Waals surface area contributed by atoms with Crippen LogP contribution in [0.25, 0.3) is 0 Å². The van der Waals surface area contributed by atoms with Gasteiger partial charge in [0.15, 0.2) is 5.11 Å². The molecule has 5 heteroatoms. The molecule has 4 nitrogen and oxygen atoms in total. The zero-order valence-electron chi connectivity index (χ0n) is 15.4. The molecule has 0 spiro atoms. The van der Waals surface area contributed by atoms with E-state index >= 15 is 0 Å². The van der Waals surface area contributed by atoms with Crippen LogP contribution < -0.4 is 10.6 Å². The van der Waals surface area contributed by atoms with Crippen LogP contribution in [0.2, 0.25) is 0 Å². The summed E-state index contributed by atoms with van der Waals surface area (Å²) in [5, 5.41) is 7.04. The molecule has 0 fully saturated rings. The highest BCUT2D eigenvalue weighted by atomic mass is 32.1. The molecule has 0 aromatic heterocycles. The second-order valence-corrected chi connectivity index (χ2v) is 6.87. The number of aryl methyl sites for hydroxylation is 2. The lowest BCUT2D eigenvalue weighted by atomic mass is 10.0. The Labute approximate surface area is 155 Å². The van der Waals surface area contributed by atoms with Crippen molar-refractivity contribution in [1.82, 2.24) is 10.2 Å². The van der Waals surface area contributed by atoms with E-state index in [1.807, 2.05) is 12.1 Å². The Morgan fingerprint density at radius 2 is 1.72 bits per heavy atom. The fourth-order valence-electron chi connectivity index (χ4n) is 2.62. The van der Waals surface area contributed by atoms with Gasteiger partial charge in [-0.25, -0.2) is 0 Å². The molecule has 0 saturated heterocycles. The van der Waals surface area contributed by atoms with E-state index in [1.54, 1.807) is 31.1 Å². The third-order valence-corrected chi connectivity index (χ3v) is 4.26. The van der Waals surface area contributed by atoms with Crippen LogP contribution in [0.15, 0.2) is 42.5 Å². The summed E-state index contributed by atoms with van der Waals surface area (Å²) in [5.74, 6) is -0.0178. The number of carbonyl (C=O) groups excluding carboxylic acids is 1. The average Bonchev–Trinajstić information content (AvgIpc) is 2.56. The van der Waals surface area contributed by atoms with E-state index in [2.05, 4.69) is 49.6 Å². The number of rotatable bonds is 4. The first kappa shape index (κ1) is 18.9. The second kappa shape index (κ2) is 8.12. The molecule has 0 unspecified atom stereocenters. The van der Waals surface area contributed by atoms with Crippen molar-refractivity contribution in [3.05, 3.63) is 64.7 Å². The van der Waals surface area contributed by atoms with Crippen LogP contribution in [0.4, 0.5) is 5.69 Å². The largest absolute Gasteiger partial charge is 0.356 e. The molecule has 2 aromatic carbocycles. The smallest absolute Gasteiger partial charge is 0.253 e. The Kier molecular flexibility index (Phi) is 6.15.